The summed E-state index contributed by atoms with van der Waals surface area (Å²) >= 11 is 5.68. The zero-order valence-electron chi connectivity index (χ0n) is 8.61. The molecule has 5 nitrogen and oxygen atoms in total. The quantitative estimate of drug-likeness (QED) is 0.741. The van der Waals surface area contributed by atoms with Crippen molar-refractivity contribution in [2.75, 3.05) is 13.7 Å². The topological polar surface area (TPSA) is 92.8 Å². The lowest BCUT2D eigenvalue weighted by Crippen LogP contribution is -2.21. The number of carbonyl (C=O) groups is 1. The highest BCUT2D eigenvalue weighted by atomic mass is 35.5. The number of phenols is 1. The molecule has 0 aliphatic heterocycles. The largest absolute Gasteiger partial charge is 0.503 e. The molecule has 1 rings (SSSR count). The van der Waals surface area contributed by atoms with Gasteiger partial charge < -0.3 is 20.7 Å². The van der Waals surface area contributed by atoms with Crippen molar-refractivity contribution in [2.24, 2.45) is 5.73 Å². The summed E-state index contributed by atoms with van der Waals surface area (Å²) < 4.78 is 4.94. The molecular weight excluding hydrogens is 234 g/mol. The normalized spacial score (nSPS) is 12.2. The van der Waals surface area contributed by atoms with Crippen LogP contribution in [-0.2, 0) is 4.79 Å². The van der Waals surface area contributed by atoms with Crippen molar-refractivity contribution in [3.05, 3.63) is 22.7 Å². The molecule has 0 aliphatic carbocycles. The Balaban J connectivity index is 3.32. The monoisotopic (exact) mass is 245 g/mol. The van der Waals surface area contributed by atoms with Crippen LogP contribution in [0.3, 0.4) is 0 Å². The third kappa shape index (κ3) is 2.20. The molecular formula is C10H12ClNO4. The third-order valence-corrected chi connectivity index (χ3v) is 2.53. The van der Waals surface area contributed by atoms with Gasteiger partial charge in [-0.05, 0) is 6.07 Å². The van der Waals surface area contributed by atoms with Crippen molar-refractivity contribution in [1.82, 2.24) is 0 Å². The number of nitrogens with two attached hydrogens (primary N) is 1. The van der Waals surface area contributed by atoms with E-state index in [1.165, 1.54) is 19.2 Å². The molecule has 1 atom stereocenters. The fraction of sp³-hybridized carbons (Fsp3) is 0.300. The summed E-state index contributed by atoms with van der Waals surface area (Å²) in [6, 6.07) is 2.88. The molecule has 6 heteroatoms. The number of aromatic hydroxyl groups is 1. The van der Waals surface area contributed by atoms with Crippen LogP contribution in [0.15, 0.2) is 12.1 Å². The lowest BCUT2D eigenvalue weighted by Gasteiger charge is -2.15. The van der Waals surface area contributed by atoms with E-state index in [2.05, 4.69) is 0 Å². The van der Waals surface area contributed by atoms with E-state index in [0.717, 1.165) is 0 Å². The second-order valence-electron chi connectivity index (χ2n) is 3.14. The first-order valence-corrected chi connectivity index (χ1v) is 4.89. The number of methoxy groups -OCH3 is 1. The van der Waals surface area contributed by atoms with Crippen molar-refractivity contribution < 1.29 is 19.7 Å². The minimum atomic E-state index is -1.08. The molecule has 0 spiro atoms. The molecule has 0 fully saturated rings. The number of carboxylic acids is 1. The number of benzene rings is 1. The van der Waals surface area contributed by atoms with E-state index >= 15 is 0 Å². The van der Waals surface area contributed by atoms with Gasteiger partial charge in [0.1, 0.15) is 0 Å². The average molecular weight is 246 g/mol. The molecule has 1 unspecified atom stereocenters. The highest BCUT2D eigenvalue weighted by molar-refractivity contribution is 6.32. The Morgan fingerprint density at radius 3 is 2.69 bits per heavy atom. The predicted molar refractivity (Wildman–Crippen MR) is 59.1 cm³/mol. The van der Waals surface area contributed by atoms with Gasteiger partial charge in [0, 0.05) is 12.1 Å². The maximum Gasteiger partial charge on any atom is 0.312 e. The standard InChI is InChI=1S/C10H12ClNO4/c1-16-9-5(6(4-12)10(14)15)2-3-7(11)8(9)13/h2-3,6,13H,4,12H2,1H3,(H,14,15). The van der Waals surface area contributed by atoms with Crippen LogP contribution in [0.2, 0.25) is 5.02 Å². The fourth-order valence-electron chi connectivity index (χ4n) is 1.41. The molecule has 0 aromatic heterocycles. The summed E-state index contributed by atoms with van der Waals surface area (Å²) in [6.07, 6.45) is 0. The van der Waals surface area contributed by atoms with E-state index in [-0.39, 0.29) is 23.1 Å². The minimum absolute atomic E-state index is 0.0466. The third-order valence-electron chi connectivity index (χ3n) is 2.23. The van der Waals surface area contributed by atoms with Crippen molar-refractivity contribution in [1.29, 1.82) is 0 Å². The number of rotatable bonds is 4. The summed E-state index contributed by atoms with van der Waals surface area (Å²) in [7, 11) is 1.32. The fourth-order valence-corrected chi connectivity index (χ4v) is 1.56. The van der Waals surface area contributed by atoms with Crippen LogP contribution in [0, 0.1) is 0 Å². The van der Waals surface area contributed by atoms with Crippen LogP contribution in [0.5, 0.6) is 11.5 Å². The van der Waals surface area contributed by atoms with Gasteiger partial charge in [-0.15, -0.1) is 0 Å². The molecule has 4 N–H and O–H groups in total. The first kappa shape index (κ1) is 12.6. The maximum absolute atomic E-state index is 10.9. The molecule has 16 heavy (non-hydrogen) atoms. The molecule has 0 saturated carbocycles. The van der Waals surface area contributed by atoms with Crippen LogP contribution in [0.25, 0.3) is 0 Å². The van der Waals surface area contributed by atoms with E-state index < -0.39 is 11.9 Å². The van der Waals surface area contributed by atoms with Gasteiger partial charge in [-0.3, -0.25) is 4.79 Å². The molecule has 88 valence electrons. The molecule has 1 aromatic carbocycles. The second-order valence-corrected chi connectivity index (χ2v) is 3.55. The number of hydrogen-bond donors (Lipinski definition) is 3. The number of phenolic OH excluding ortho intramolecular Hbond substituents is 1. The maximum atomic E-state index is 10.9. The minimum Gasteiger partial charge on any atom is -0.503 e. The van der Waals surface area contributed by atoms with Crippen LogP contribution in [0.1, 0.15) is 11.5 Å². The van der Waals surface area contributed by atoms with Crippen molar-refractivity contribution in [3.8, 4) is 11.5 Å². The molecule has 0 amide bonds. The number of aliphatic carboxylic acids is 1. The Kier molecular flexibility index (Phi) is 3.98. The van der Waals surface area contributed by atoms with Crippen molar-refractivity contribution in [3.63, 3.8) is 0 Å². The van der Waals surface area contributed by atoms with E-state index in [0.29, 0.717) is 5.56 Å². The Morgan fingerprint density at radius 2 is 2.25 bits per heavy atom. The molecule has 0 heterocycles. The summed E-state index contributed by atoms with van der Waals surface area (Å²) in [5, 5.41) is 18.7. The van der Waals surface area contributed by atoms with Crippen LogP contribution < -0.4 is 10.5 Å². The molecule has 0 radical (unpaired) electrons. The van der Waals surface area contributed by atoms with Crippen molar-refractivity contribution >= 4 is 17.6 Å². The molecule has 0 bridgehead atoms. The van der Waals surface area contributed by atoms with Gasteiger partial charge in [-0.25, -0.2) is 0 Å². The zero-order chi connectivity index (χ0) is 12.3. The van der Waals surface area contributed by atoms with Gasteiger partial charge in [-0.2, -0.15) is 0 Å². The summed E-state index contributed by atoms with van der Waals surface area (Å²) in [5.74, 6) is -2.24. The van der Waals surface area contributed by atoms with Gasteiger partial charge in [0.25, 0.3) is 0 Å². The van der Waals surface area contributed by atoms with Crippen LogP contribution >= 0.6 is 11.6 Å². The van der Waals surface area contributed by atoms with Gasteiger partial charge in [0.05, 0.1) is 18.1 Å². The molecule has 0 saturated heterocycles. The number of carboxylic acid groups (broad SMARTS) is 1. The van der Waals surface area contributed by atoms with Crippen LogP contribution in [-0.4, -0.2) is 29.8 Å². The first-order chi connectivity index (χ1) is 7.52. The van der Waals surface area contributed by atoms with E-state index in [1.54, 1.807) is 0 Å². The van der Waals surface area contributed by atoms with Crippen molar-refractivity contribution in [2.45, 2.75) is 5.92 Å². The first-order valence-electron chi connectivity index (χ1n) is 4.51. The predicted octanol–water partition coefficient (Wildman–Crippen LogP) is 1.18. The zero-order valence-corrected chi connectivity index (χ0v) is 9.36. The Bertz CT molecular complexity index is 408. The van der Waals surface area contributed by atoms with Crippen LogP contribution in [0.4, 0.5) is 0 Å². The molecule has 1 aromatic rings. The van der Waals surface area contributed by atoms with E-state index in [9.17, 15) is 9.90 Å². The Labute approximate surface area is 97.4 Å². The average Bonchev–Trinajstić information content (AvgIpc) is 2.24. The van der Waals surface area contributed by atoms with Gasteiger partial charge >= 0.3 is 5.97 Å². The number of hydrogen-bond acceptors (Lipinski definition) is 4. The summed E-state index contributed by atoms with van der Waals surface area (Å²) in [6.45, 7) is -0.0905. The highest BCUT2D eigenvalue weighted by Gasteiger charge is 2.24. The number of ether oxygens (including phenoxy) is 1. The van der Waals surface area contributed by atoms with Gasteiger partial charge in [0.15, 0.2) is 11.5 Å². The van der Waals surface area contributed by atoms with Gasteiger partial charge in [-0.1, -0.05) is 17.7 Å². The molecule has 0 aliphatic rings. The number of halogens is 1. The SMILES string of the molecule is COc1c(C(CN)C(=O)O)ccc(Cl)c1O. The Morgan fingerprint density at radius 1 is 1.62 bits per heavy atom. The van der Waals surface area contributed by atoms with Gasteiger partial charge in [0.2, 0.25) is 0 Å². The Hall–Kier alpha value is -1.46. The van der Waals surface area contributed by atoms with E-state index in [4.69, 9.17) is 27.2 Å². The smallest absolute Gasteiger partial charge is 0.312 e. The lowest BCUT2D eigenvalue weighted by atomic mass is 9.98. The lowest BCUT2D eigenvalue weighted by molar-refractivity contribution is -0.138. The summed E-state index contributed by atoms with van der Waals surface area (Å²) in [4.78, 5) is 10.9. The second kappa shape index (κ2) is 5.05. The van der Waals surface area contributed by atoms with E-state index in [1.807, 2.05) is 0 Å². The highest BCUT2D eigenvalue weighted by Crippen LogP contribution is 2.39. The summed E-state index contributed by atoms with van der Waals surface area (Å²) in [5.41, 5.74) is 5.67.